The number of amides is 1. The predicted octanol–water partition coefficient (Wildman–Crippen LogP) is 1.85. The second kappa shape index (κ2) is 4.43. The minimum absolute atomic E-state index is 0.260. The molecule has 1 amide bonds. The van der Waals surface area contributed by atoms with Gasteiger partial charge in [-0.1, -0.05) is 6.92 Å². The molecule has 0 aliphatic heterocycles. The van der Waals surface area contributed by atoms with Crippen LogP contribution in [0.4, 0.5) is 0 Å². The fraction of sp³-hybridized carbons (Fsp3) is 0.643. The first-order valence-electron chi connectivity index (χ1n) is 6.74. The Balaban J connectivity index is 1.63. The lowest BCUT2D eigenvalue weighted by Gasteiger charge is -2.18. The molecule has 0 aromatic carbocycles. The Hall–Kier alpha value is -1.29. The van der Waals surface area contributed by atoms with E-state index in [1.165, 1.54) is 19.3 Å². The Kier molecular flexibility index (Phi) is 2.90. The summed E-state index contributed by atoms with van der Waals surface area (Å²) in [6.45, 7) is 3.28. The molecule has 2 atom stereocenters. The highest BCUT2D eigenvalue weighted by Crippen LogP contribution is 2.47. The minimum Gasteiger partial charge on any atom is -0.464 e. The summed E-state index contributed by atoms with van der Waals surface area (Å²) in [7, 11) is 0. The van der Waals surface area contributed by atoms with Crippen molar-refractivity contribution in [3.8, 4) is 0 Å². The average molecular weight is 248 g/mol. The van der Waals surface area contributed by atoms with Crippen LogP contribution < -0.4 is 5.73 Å². The van der Waals surface area contributed by atoms with Gasteiger partial charge in [0.1, 0.15) is 11.5 Å². The third-order valence-corrected chi connectivity index (χ3v) is 3.94. The van der Waals surface area contributed by atoms with Crippen molar-refractivity contribution in [1.82, 2.24) is 4.90 Å². The van der Waals surface area contributed by atoms with Crippen molar-refractivity contribution in [1.29, 1.82) is 0 Å². The molecule has 2 fully saturated rings. The van der Waals surface area contributed by atoms with E-state index in [2.05, 4.69) is 17.9 Å². The molecule has 4 heteroatoms. The van der Waals surface area contributed by atoms with E-state index in [-0.39, 0.29) is 5.91 Å². The van der Waals surface area contributed by atoms with Crippen molar-refractivity contribution in [2.24, 2.45) is 11.7 Å². The van der Waals surface area contributed by atoms with Gasteiger partial charge in [0.2, 0.25) is 5.91 Å². The second-order valence-corrected chi connectivity index (χ2v) is 5.73. The molecule has 0 unspecified atom stereocenters. The monoisotopic (exact) mass is 248 g/mol. The van der Waals surface area contributed by atoms with E-state index >= 15 is 0 Å². The highest BCUT2D eigenvalue weighted by molar-refractivity contribution is 5.76. The summed E-state index contributed by atoms with van der Waals surface area (Å²) >= 11 is 0. The lowest BCUT2D eigenvalue weighted by molar-refractivity contribution is -0.119. The summed E-state index contributed by atoms with van der Waals surface area (Å²) in [5.41, 5.74) is 5.28. The lowest BCUT2D eigenvalue weighted by atomic mass is 10.3. The number of carbonyl (C=O) groups is 1. The molecule has 4 nitrogen and oxygen atoms in total. The van der Waals surface area contributed by atoms with Crippen LogP contribution in [0.15, 0.2) is 16.5 Å². The number of hydrogen-bond donors (Lipinski definition) is 1. The molecule has 2 aliphatic rings. The number of furan rings is 1. The molecule has 0 radical (unpaired) electrons. The molecule has 18 heavy (non-hydrogen) atoms. The molecule has 1 aromatic heterocycles. The van der Waals surface area contributed by atoms with E-state index in [1.54, 1.807) is 0 Å². The van der Waals surface area contributed by atoms with Gasteiger partial charge < -0.3 is 10.2 Å². The molecule has 2 N–H and O–H groups in total. The van der Waals surface area contributed by atoms with Gasteiger partial charge in [-0.25, -0.2) is 0 Å². The number of nitrogens with zero attached hydrogens (tertiary/aromatic N) is 1. The standard InChI is InChI=1S/C14H20N2O2/c1-9-6-12(9)13-5-4-11(18-13)7-16(8-14(15)17)10-2-3-10/h4-5,9-10,12H,2-3,6-8H2,1H3,(H2,15,17)/t9-,12-/m1/s1. The maximum absolute atomic E-state index is 11.0. The average Bonchev–Trinajstić information content (AvgIpc) is 3.20. The fourth-order valence-corrected chi connectivity index (χ4v) is 2.55. The summed E-state index contributed by atoms with van der Waals surface area (Å²) in [4.78, 5) is 13.2. The van der Waals surface area contributed by atoms with Crippen LogP contribution >= 0.6 is 0 Å². The normalized spacial score (nSPS) is 26.6. The van der Waals surface area contributed by atoms with Crippen LogP contribution in [0.2, 0.25) is 0 Å². The van der Waals surface area contributed by atoms with Gasteiger partial charge in [0.15, 0.2) is 0 Å². The Bertz CT molecular complexity index is 450. The van der Waals surface area contributed by atoms with Gasteiger partial charge in [-0.3, -0.25) is 9.69 Å². The van der Waals surface area contributed by atoms with Gasteiger partial charge in [-0.2, -0.15) is 0 Å². The number of carbonyl (C=O) groups excluding carboxylic acids is 1. The van der Waals surface area contributed by atoms with Gasteiger partial charge in [-0.15, -0.1) is 0 Å². The zero-order valence-electron chi connectivity index (χ0n) is 10.8. The Morgan fingerprint density at radius 2 is 2.22 bits per heavy atom. The maximum Gasteiger partial charge on any atom is 0.231 e. The van der Waals surface area contributed by atoms with Gasteiger partial charge in [-0.05, 0) is 37.3 Å². The van der Waals surface area contributed by atoms with Crippen molar-refractivity contribution in [3.63, 3.8) is 0 Å². The minimum atomic E-state index is -0.260. The van der Waals surface area contributed by atoms with Crippen molar-refractivity contribution in [3.05, 3.63) is 23.7 Å². The number of rotatable bonds is 6. The fourth-order valence-electron chi connectivity index (χ4n) is 2.55. The van der Waals surface area contributed by atoms with Crippen LogP contribution in [0.5, 0.6) is 0 Å². The first-order valence-corrected chi connectivity index (χ1v) is 6.74. The van der Waals surface area contributed by atoms with E-state index in [4.69, 9.17) is 10.2 Å². The molecule has 3 rings (SSSR count). The van der Waals surface area contributed by atoms with Crippen LogP contribution in [-0.2, 0) is 11.3 Å². The highest BCUT2D eigenvalue weighted by atomic mass is 16.3. The topological polar surface area (TPSA) is 59.5 Å². The summed E-state index contributed by atoms with van der Waals surface area (Å²) in [6.07, 6.45) is 3.57. The molecule has 1 heterocycles. The van der Waals surface area contributed by atoms with Crippen LogP contribution in [0.1, 0.15) is 43.6 Å². The molecule has 0 spiro atoms. The van der Waals surface area contributed by atoms with Crippen molar-refractivity contribution >= 4 is 5.91 Å². The van der Waals surface area contributed by atoms with Gasteiger partial charge in [0.25, 0.3) is 0 Å². The Labute approximate surface area is 107 Å². The van der Waals surface area contributed by atoms with E-state index < -0.39 is 0 Å². The summed E-state index contributed by atoms with van der Waals surface area (Å²) in [5.74, 6) is 3.17. The molecule has 2 aliphatic carbocycles. The van der Waals surface area contributed by atoms with Gasteiger partial charge >= 0.3 is 0 Å². The molecule has 2 saturated carbocycles. The maximum atomic E-state index is 11.0. The van der Waals surface area contributed by atoms with Crippen LogP contribution in [-0.4, -0.2) is 23.4 Å². The molecule has 0 bridgehead atoms. The third kappa shape index (κ3) is 2.58. The summed E-state index contributed by atoms with van der Waals surface area (Å²) in [6, 6.07) is 4.64. The number of primary amides is 1. The molecular formula is C14H20N2O2. The van der Waals surface area contributed by atoms with Gasteiger partial charge in [0.05, 0.1) is 13.1 Å². The second-order valence-electron chi connectivity index (χ2n) is 5.73. The smallest absolute Gasteiger partial charge is 0.231 e. The van der Waals surface area contributed by atoms with Crippen molar-refractivity contribution in [2.45, 2.75) is 44.7 Å². The van der Waals surface area contributed by atoms with Crippen molar-refractivity contribution in [2.75, 3.05) is 6.54 Å². The van der Waals surface area contributed by atoms with Crippen molar-refractivity contribution < 1.29 is 9.21 Å². The Morgan fingerprint density at radius 3 is 2.78 bits per heavy atom. The molecule has 98 valence electrons. The molecular weight excluding hydrogens is 228 g/mol. The highest BCUT2D eigenvalue weighted by Gasteiger charge is 2.37. The molecule has 1 aromatic rings. The van der Waals surface area contributed by atoms with Gasteiger partial charge in [0, 0.05) is 12.0 Å². The largest absolute Gasteiger partial charge is 0.464 e. The van der Waals surface area contributed by atoms with Crippen LogP contribution in [0, 0.1) is 5.92 Å². The third-order valence-electron chi connectivity index (χ3n) is 3.94. The predicted molar refractivity (Wildman–Crippen MR) is 67.9 cm³/mol. The first kappa shape index (κ1) is 11.8. The lowest BCUT2D eigenvalue weighted by Crippen LogP contribution is -2.34. The SMILES string of the molecule is C[C@@H]1C[C@H]1c1ccc(CN(CC(N)=O)C2CC2)o1. The van der Waals surface area contributed by atoms with Crippen LogP contribution in [0.3, 0.4) is 0 Å². The zero-order chi connectivity index (χ0) is 12.7. The summed E-state index contributed by atoms with van der Waals surface area (Å²) < 4.78 is 5.87. The van der Waals surface area contributed by atoms with E-state index in [9.17, 15) is 4.79 Å². The summed E-state index contributed by atoms with van der Waals surface area (Å²) in [5, 5.41) is 0. The van der Waals surface area contributed by atoms with E-state index in [0.717, 1.165) is 17.4 Å². The van der Waals surface area contributed by atoms with E-state index in [1.807, 2.05) is 6.07 Å². The van der Waals surface area contributed by atoms with Crippen LogP contribution in [0.25, 0.3) is 0 Å². The molecule has 0 saturated heterocycles. The Morgan fingerprint density at radius 1 is 1.50 bits per heavy atom. The van der Waals surface area contributed by atoms with E-state index in [0.29, 0.717) is 25.0 Å². The quantitative estimate of drug-likeness (QED) is 0.835. The zero-order valence-corrected chi connectivity index (χ0v) is 10.8. The first-order chi connectivity index (χ1) is 8.63. The number of hydrogen-bond acceptors (Lipinski definition) is 3. The number of nitrogens with two attached hydrogens (primary N) is 1.